The van der Waals surface area contributed by atoms with Gasteiger partial charge in [-0.05, 0) is 36.4 Å². The average molecular weight is 554 g/mol. The zero-order chi connectivity index (χ0) is 28.1. The number of benzene rings is 2. The molecule has 1 saturated heterocycles. The van der Waals surface area contributed by atoms with Crippen molar-refractivity contribution in [2.75, 3.05) is 36.5 Å². The molecule has 12 nitrogen and oxygen atoms in total. The molecule has 0 radical (unpaired) electrons. The van der Waals surface area contributed by atoms with E-state index in [2.05, 4.69) is 40.5 Å². The van der Waals surface area contributed by atoms with Gasteiger partial charge in [0.05, 0.1) is 30.1 Å². The first kappa shape index (κ1) is 26.6. The number of rotatable bonds is 5. The third-order valence-corrected chi connectivity index (χ3v) is 5.80. The lowest BCUT2D eigenvalue weighted by molar-refractivity contribution is -0.192. The van der Waals surface area contributed by atoms with Crippen LogP contribution in [0.5, 0.6) is 0 Å². The summed E-state index contributed by atoms with van der Waals surface area (Å²) in [4.78, 5) is 24.6. The number of aliphatic carboxylic acids is 1. The summed E-state index contributed by atoms with van der Waals surface area (Å²) in [6.45, 7) is 3.02. The van der Waals surface area contributed by atoms with E-state index >= 15 is 0 Å². The standard InChI is InChI=1S/C23H21N9O.C2HF3O2/c1-2-17-14-24-22(28-21(17)13-16(1)20-7-8-26-29-20)27-18-3-5-19(6-4-18)32-15-25-23(30-32)31-9-11-33-12-10-31;3-2(4,5)1(6)7/h1-8,13-15H,9-12H2,(H,26,29)(H,24,27,28);(H,6,7). The van der Waals surface area contributed by atoms with Crippen molar-refractivity contribution in [3.8, 4) is 16.9 Å². The van der Waals surface area contributed by atoms with Gasteiger partial charge in [-0.15, -0.1) is 5.10 Å². The van der Waals surface area contributed by atoms with Crippen LogP contribution in [0.2, 0.25) is 0 Å². The number of aromatic nitrogens is 7. The zero-order valence-electron chi connectivity index (χ0n) is 20.7. The van der Waals surface area contributed by atoms with Gasteiger partial charge in [0, 0.05) is 42.1 Å². The van der Waals surface area contributed by atoms with E-state index in [1.807, 2.05) is 54.7 Å². The van der Waals surface area contributed by atoms with E-state index in [0.717, 1.165) is 52.6 Å². The maximum Gasteiger partial charge on any atom is 0.490 e. The molecule has 1 aliphatic heterocycles. The number of aromatic amines is 1. The van der Waals surface area contributed by atoms with Crippen LogP contribution < -0.4 is 10.2 Å². The molecule has 1 aliphatic rings. The monoisotopic (exact) mass is 553 g/mol. The highest BCUT2D eigenvalue weighted by atomic mass is 19.4. The molecule has 0 atom stereocenters. The molecule has 0 unspecified atom stereocenters. The number of nitrogens with one attached hydrogen (secondary N) is 2. The molecule has 0 bridgehead atoms. The predicted molar refractivity (Wildman–Crippen MR) is 138 cm³/mol. The van der Waals surface area contributed by atoms with Crippen LogP contribution in [0.15, 0.2) is 67.3 Å². The van der Waals surface area contributed by atoms with Crippen molar-refractivity contribution >= 4 is 34.5 Å². The van der Waals surface area contributed by atoms with Crippen LogP contribution in [-0.2, 0) is 9.53 Å². The number of morpholine rings is 1. The van der Waals surface area contributed by atoms with Crippen LogP contribution in [0, 0.1) is 0 Å². The summed E-state index contributed by atoms with van der Waals surface area (Å²) < 4.78 is 38.9. The number of carbonyl (C=O) groups is 1. The van der Waals surface area contributed by atoms with Gasteiger partial charge >= 0.3 is 12.1 Å². The van der Waals surface area contributed by atoms with Crippen LogP contribution in [0.4, 0.5) is 30.8 Å². The Balaban J connectivity index is 0.000000411. The first-order valence-electron chi connectivity index (χ1n) is 11.9. The van der Waals surface area contributed by atoms with Gasteiger partial charge in [0.2, 0.25) is 11.9 Å². The number of anilines is 3. The SMILES string of the molecule is O=C(O)C(F)(F)F.c1cc(-c2ccc3cnc(Nc4ccc(-n5cnc(N6CCOCC6)n5)cc4)nc3c2)[nH]n1. The molecule has 3 N–H and O–H groups in total. The minimum absolute atomic E-state index is 0.535. The van der Waals surface area contributed by atoms with Gasteiger partial charge in [-0.1, -0.05) is 12.1 Å². The lowest BCUT2D eigenvalue weighted by Gasteiger charge is -2.25. The van der Waals surface area contributed by atoms with Gasteiger partial charge in [-0.2, -0.15) is 23.3 Å². The molecular formula is C25H22F3N9O3. The number of hydrogen-bond donors (Lipinski definition) is 3. The second-order valence-corrected chi connectivity index (χ2v) is 8.50. The fraction of sp³-hybridized carbons (Fsp3) is 0.200. The summed E-state index contributed by atoms with van der Waals surface area (Å²) in [6.07, 6.45) is 0.203. The highest BCUT2D eigenvalue weighted by molar-refractivity contribution is 5.84. The number of halogens is 3. The third kappa shape index (κ3) is 6.32. The summed E-state index contributed by atoms with van der Waals surface area (Å²) in [6, 6.07) is 15.9. The Bertz CT molecular complexity index is 1580. The molecule has 6 rings (SSSR count). The first-order chi connectivity index (χ1) is 19.3. The fourth-order valence-electron chi connectivity index (χ4n) is 3.78. The predicted octanol–water partition coefficient (Wildman–Crippen LogP) is 3.81. The highest BCUT2D eigenvalue weighted by Gasteiger charge is 2.38. The molecule has 1 fully saturated rings. The molecule has 15 heteroatoms. The van der Waals surface area contributed by atoms with E-state index in [1.54, 1.807) is 17.2 Å². The van der Waals surface area contributed by atoms with Crippen molar-refractivity contribution in [3.63, 3.8) is 0 Å². The smallest absolute Gasteiger partial charge is 0.475 e. The highest BCUT2D eigenvalue weighted by Crippen LogP contribution is 2.23. The second kappa shape index (κ2) is 11.4. The van der Waals surface area contributed by atoms with Crippen molar-refractivity contribution < 1.29 is 27.8 Å². The van der Waals surface area contributed by atoms with Crippen LogP contribution in [0.3, 0.4) is 0 Å². The maximum absolute atomic E-state index is 10.6. The van der Waals surface area contributed by atoms with Gasteiger partial charge in [0.1, 0.15) is 6.33 Å². The number of hydrogen-bond acceptors (Lipinski definition) is 9. The van der Waals surface area contributed by atoms with E-state index in [0.29, 0.717) is 19.2 Å². The Morgan fingerprint density at radius 3 is 2.48 bits per heavy atom. The molecule has 40 heavy (non-hydrogen) atoms. The number of fused-ring (bicyclic) bond motifs is 1. The Labute approximate surface area is 224 Å². The minimum atomic E-state index is -5.08. The van der Waals surface area contributed by atoms with Gasteiger partial charge in [0.15, 0.2) is 0 Å². The minimum Gasteiger partial charge on any atom is -0.475 e. The van der Waals surface area contributed by atoms with Gasteiger partial charge < -0.3 is 20.1 Å². The number of carboxylic acid groups (broad SMARTS) is 1. The Hall–Kier alpha value is -5.05. The van der Waals surface area contributed by atoms with E-state index in [1.165, 1.54) is 0 Å². The van der Waals surface area contributed by atoms with E-state index < -0.39 is 12.1 Å². The summed E-state index contributed by atoms with van der Waals surface area (Å²) >= 11 is 0. The van der Waals surface area contributed by atoms with Crippen LogP contribution >= 0.6 is 0 Å². The number of nitrogens with zero attached hydrogens (tertiary/aromatic N) is 7. The average Bonchev–Trinajstić information content (AvgIpc) is 3.67. The van der Waals surface area contributed by atoms with Gasteiger partial charge in [0.25, 0.3) is 0 Å². The third-order valence-electron chi connectivity index (χ3n) is 5.80. The van der Waals surface area contributed by atoms with E-state index in [4.69, 9.17) is 14.6 Å². The Morgan fingerprint density at radius 1 is 1.05 bits per heavy atom. The van der Waals surface area contributed by atoms with Crippen molar-refractivity contribution in [2.24, 2.45) is 0 Å². The molecule has 0 aliphatic carbocycles. The Kier molecular flexibility index (Phi) is 7.54. The summed E-state index contributed by atoms with van der Waals surface area (Å²) in [5, 5.41) is 23.0. The molecule has 206 valence electrons. The van der Waals surface area contributed by atoms with Crippen LogP contribution in [0.1, 0.15) is 0 Å². The molecule has 0 amide bonds. The van der Waals surface area contributed by atoms with Crippen molar-refractivity contribution in [1.29, 1.82) is 0 Å². The van der Waals surface area contributed by atoms with Gasteiger partial charge in [-0.25, -0.2) is 19.4 Å². The van der Waals surface area contributed by atoms with Crippen LogP contribution in [-0.4, -0.2) is 78.5 Å². The molecule has 0 spiro atoms. The maximum atomic E-state index is 10.6. The number of H-pyrrole nitrogens is 1. The molecule has 2 aromatic carbocycles. The number of carboxylic acids is 1. The first-order valence-corrected chi connectivity index (χ1v) is 11.9. The van der Waals surface area contributed by atoms with Crippen molar-refractivity contribution in [3.05, 3.63) is 67.3 Å². The number of ether oxygens (including phenoxy) is 1. The summed E-state index contributed by atoms with van der Waals surface area (Å²) in [5.41, 5.74) is 4.64. The molecule has 0 saturated carbocycles. The number of alkyl halides is 3. The van der Waals surface area contributed by atoms with E-state index in [-0.39, 0.29) is 0 Å². The molecule has 4 heterocycles. The molecular weight excluding hydrogens is 531 g/mol. The van der Waals surface area contributed by atoms with Crippen molar-refractivity contribution in [2.45, 2.75) is 6.18 Å². The quantitative estimate of drug-likeness (QED) is 0.294. The zero-order valence-corrected chi connectivity index (χ0v) is 20.7. The molecule has 5 aromatic rings. The van der Waals surface area contributed by atoms with Crippen molar-refractivity contribution in [1.82, 2.24) is 34.9 Å². The summed E-state index contributed by atoms with van der Waals surface area (Å²) in [7, 11) is 0. The fourth-order valence-corrected chi connectivity index (χ4v) is 3.78. The topological polar surface area (TPSA) is 147 Å². The van der Waals surface area contributed by atoms with E-state index in [9.17, 15) is 13.2 Å². The second-order valence-electron chi connectivity index (χ2n) is 8.50. The Morgan fingerprint density at radius 2 is 1.80 bits per heavy atom. The van der Waals surface area contributed by atoms with Crippen LogP contribution in [0.25, 0.3) is 27.8 Å². The lowest BCUT2D eigenvalue weighted by Crippen LogP contribution is -2.37. The summed E-state index contributed by atoms with van der Waals surface area (Å²) in [5.74, 6) is -1.50. The molecule has 3 aromatic heterocycles. The normalized spacial score (nSPS) is 13.5. The lowest BCUT2D eigenvalue weighted by atomic mass is 10.1. The van der Waals surface area contributed by atoms with Gasteiger partial charge in [-0.3, -0.25) is 5.10 Å². The largest absolute Gasteiger partial charge is 0.490 e.